The summed E-state index contributed by atoms with van der Waals surface area (Å²) in [6.07, 6.45) is 1.28. The molecule has 6 heteroatoms. The Balaban J connectivity index is 3.31. The molecule has 1 rings (SSSR count). The van der Waals surface area contributed by atoms with Crippen molar-refractivity contribution in [3.8, 4) is 5.75 Å². The molecule has 0 aliphatic heterocycles. The minimum Gasteiger partial charge on any atom is -0.493 e. The number of halogens is 3. The average molecular weight is 278 g/mol. The van der Waals surface area contributed by atoms with E-state index in [1.807, 2.05) is 0 Å². The van der Waals surface area contributed by atoms with Crippen LogP contribution in [0.25, 0.3) is 0 Å². The van der Waals surface area contributed by atoms with Crippen LogP contribution >= 0.6 is 15.9 Å². The van der Waals surface area contributed by atoms with Gasteiger partial charge in [-0.2, -0.15) is 0 Å². The van der Waals surface area contributed by atoms with Gasteiger partial charge in [0.15, 0.2) is 11.6 Å². The fourth-order valence-corrected chi connectivity index (χ4v) is 1.38. The largest absolute Gasteiger partial charge is 0.493 e. The molecule has 0 aliphatic carbocycles. The number of nitrogens with zero attached hydrogens (tertiary/aromatic N) is 1. The van der Waals surface area contributed by atoms with E-state index in [0.717, 1.165) is 6.07 Å². The standard InChI is InChI=1S/C9H6BrF2NO2/c1-15-9-5(3-13-4-14)2-6(11)7(10)8(9)12/h2H,3H2,1H3. The summed E-state index contributed by atoms with van der Waals surface area (Å²) in [6.45, 7) is -0.173. The van der Waals surface area contributed by atoms with Gasteiger partial charge in [0.25, 0.3) is 0 Å². The highest BCUT2D eigenvalue weighted by Gasteiger charge is 2.17. The minimum absolute atomic E-state index is 0.137. The number of carbonyl (C=O) groups excluding carboxylic acids is 1. The maximum Gasteiger partial charge on any atom is 0.235 e. The van der Waals surface area contributed by atoms with Crippen molar-refractivity contribution in [3.63, 3.8) is 0 Å². The molecule has 0 atom stereocenters. The second-order valence-corrected chi connectivity index (χ2v) is 3.38. The third-order valence-corrected chi connectivity index (χ3v) is 2.44. The topological polar surface area (TPSA) is 38.7 Å². The fraction of sp³-hybridized carbons (Fsp3) is 0.222. The van der Waals surface area contributed by atoms with Crippen LogP contribution in [0.5, 0.6) is 5.75 Å². The molecule has 0 amide bonds. The molecule has 0 bridgehead atoms. The van der Waals surface area contributed by atoms with Crippen LogP contribution in [0.1, 0.15) is 5.56 Å². The van der Waals surface area contributed by atoms with Gasteiger partial charge in [0.1, 0.15) is 5.82 Å². The van der Waals surface area contributed by atoms with E-state index in [0.29, 0.717) is 0 Å². The highest BCUT2D eigenvalue weighted by Crippen LogP contribution is 2.31. The number of ether oxygens (including phenoxy) is 1. The molecule has 0 spiro atoms. The number of hydrogen-bond donors (Lipinski definition) is 0. The van der Waals surface area contributed by atoms with Gasteiger partial charge in [-0.1, -0.05) is 0 Å². The summed E-state index contributed by atoms with van der Waals surface area (Å²) in [5.74, 6) is -1.76. The molecule has 0 heterocycles. The maximum absolute atomic E-state index is 13.4. The van der Waals surface area contributed by atoms with Gasteiger partial charge in [0.05, 0.1) is 18.1 Å². The lowest BCUT2D eigenvalue weighted by Crippen LogP contribution is -1.98. The SMILES string of the molecule is COc1c(CN=C=O)cc(F)c(Br)c1F. The van der Waals surface area contributed by atoms with E-state index in [1.54, 1.807) is 0 Å². The smallest absolute Gasteiger partial charge is 0.235 e. The summed E-state index contributed by atoms with van der Waals surface area (Å²) in [7, 11) is 1.25. The zero-order valence-corrected chi connectivity index (χ0v) is 9.27. The minimum atomic E-state index is -0.853. The molecule has 3 nitrogen and oxygen atoms in total. The second kappa shape index (κ2) is 5.00. The Morgan fingerprint density at radius 1 is 1.60 bits per heavy atom. The first kappa shape index (κ1) is 11.8. The lowest BCUT2D eigenvalue weighted by molar-refractivity contribution is 0.377. The molecule has 0 saturated carbocycles. The Kier molecular flexibility index (Phi) is 3.94. The highest BCUT2D eigenvalue weighted by atomic mass is 79.9. The van der Waals surface area contributed by atoms with E-state index in [1.165, 1.54) is 13.2 Å². The van der Waals surface area contributed by atoms with Gasteiger partial charge in [-0.25, -0.2) is 18.6 Å². The predicted octanol–water partition coefficient (Wildman–Crippen LogP) is 2.57. The van der Waals surface area contributed by atoms with Crippen LogP contribution in [-0.2, 0) is 11.3 Å². The maximum atomic E-state index is 13.4. The molecule has 0 unspecified atom stereocenters. The zero-order chi connectivity index (χ0) is 11.4. The summed E-state index contributed by atoms with van der Waals surface area (Å²) in [6, 6.07) is 1.05. The molecule has 0 aliphatic rings. The van der Waals surface area contributed by atoms with Crippen LogP contribution < -0.4 is 4.74 Å². The molecule has 0 N–H and O–H groups in total. The Labute approximate surface area is 92.9 Å². The van der Waals surface area contributed by atoms with Crippen molar-refractivity contribution in [1.82, 2.24) is 0 Å². The third kappa shape index (κ3) is 2.40. The fourth-order valence-electron chi connectivity index (χ4n) is 1.08. The average Bonchev–Trinajstić information content (AvgIpc) is 2.23. The Morgan fingerprint density at radius 2 is 2.27 bits per heavy atom. The van der Waals surface area contributed by atoms with Gasteiger partial charge in [0.2, 0.25) is 6.08 Å². The molecule has 1 aromatic carbocycles. The van der Waals surface area contributed by atoms with E-state index in [-0.39, 0.29) is 22.3 Å². The van der Waals surface area contributed by atoms with E-state index >= 15 is 0 Å². The van der Waals surface area contributed by atoms with Crippen molar-refractivity contribution in [2.45, 2.75) is 6.54 Å². The summed E-state index contributed by atoms with van der Waals surface area (Å²) < 4.78 is 30.9. The molecular formula is C9H6BrF2NO2. The second-order valence-electron chi connectivity index (χ2n) is 2.59. The first-order valence-electron chi connectivity index (χ1n) is 3.85. The van der Waals surface area contributed by atoms with Gasteiger partial charge >= 0.3 is 0 Å². The Hall–Kier alpha value is -1.26. The number of aliphatic imine (C=N–C) groups is 1. The molecular weight excluding hydrogens is 272 g/mol. The number of methoxy groups -OCH3 is 1. The van der Waals surface area contributed by atoms with E-state index in [9.17, 15) is 13.6 Å². The third-order valence-electron chi connectivity index (χ3n) is 1.71. The number of isocyanates is 1. The van der Waals surface area contributed by atoms with Gasteiger partial charge < -0.3 is 4.74 Å². The molecule has 0 radical (unpaired) electrons. The number of hydrogen-bond acceptors (Lipinski definition) is 3. The summed E-state index contributed by atoms with van der Waals surface area (Å²) in [5, 5.41) is 0. The number of rotatable bonds is 3. The summed E-state index contributed by atoms with van der Waals surface area (Å²) in [4.78, 5) is 13.1. The van der Waals surface area contributed by atoms with E-state index in [4.69, 9.17) is 4.74 Å². The highest BCUT2D eigenvalue weighted by molar-refractivity contribution is 9.10. The van der Waals surface area contributed by atoms with Crippen LogP contribution in [-0.4, -0.2) is 13.2 Å². The molecule has 15 heavy (non-hydrogen) atoms. The van der Waals surface area contributed by atoms with Crippen molar-refractivity contribution in [2.24, 2.45) is 4.99 Å². The van der Waals surface area contributed by atoms with Crippen molar-refractivity contribution >= 4 is 22.0 Å². The Bertz CT molecular complexity index is 431. The van der Waals surface area contributed by atoms with Gasteiger partial charge in [-0.05, 0) is 22.0 Å². The van der Waals surface area contributed by atoms with Crippen LogP contribution in [0.2, 0.25) is 0 Å². The molecule has 0 saturated heterocycles. The van der Waals surface area contributed by atoms with Crippen LogP contribution in [0.4, 0.5) is 8.78 Å². The monoisotopic (exact) mass is 277 g/mol. The van der Waals surface area contributed by atoms with Gasteiger partial charge in [-0.3, -0.25) is 0 Å². The first-order chi connectivity index (χ1) is 7.11. The normalized spacial score (nSPS) is 9.60. The lowest BCUT2D eigenvalue weighted by atomic mass is 10.2. The molecule has 0 fully saturated rings. The molecule has 0 aromatic heterocycles. The van der Waals surface area contributed by atoms with E-state index < -0.39 is 11.6 Å². The van der Waals surface area contributed by atoms with Gasteiger partial charge in [-0.15, -0.1) is 0 Å². The van der Waals surface area contributed by atoms with Crippen LogP contribution in [0.3, 0.4) is 0 Å². The van der Waals surface area contributed by atoms with Crippen LogP contribution in [0, 0.1) is 11.6 Å². The van der Waals surface area contributed by atoms with Crippen LogP contribution in [0.15, 0.2) is 15.5 Å². The van der Waals surface area contributed by atoms with Crippen molar-refractivity contribution < 1.29 is 18.3 Å². The molecule has 1 aromatic rings. The first-order valence-corrected chi connectivity index (χ1v) is 4.65. The van der Waals surface area contributed by atoms with Gasteiger partial charge in [0, 0.05) is 5.56 Å². The number of benzene rings is 1. The van der Waals surface area contributed by atoms with Crippen molar-refractivity contribution in [1.29, 1.82) is 0 Å². The van der Waals surface area contributed by atoms with E-state index in [2.05, 4.69) is 20.9 Å². The van der Waals surface area contributed by atoms with Crippen molar-refractivity contribution in [2.75, 3.05) is 7.11 Å². The Morgan fingerprint density at radius 3 is 2.80 bits per heavy atom. The lowest BCUT2D eigenvalue weighted by Gasteiger charge is -2.09. The molecule has 80 valence electrons. The van der Waals surface area contributed by atoms with Crippen molar-refractivity contribution in [3.05, 3.63) is 27.7 Å². The quantitative estimate of drug-likeness (QED) is 0.484. The summed E-state index contributed by atoms with van der Waals surface area (Å²) >= 11 is 2.74. The predicted molar refractivity (Wildman–Crippen MR) is 52.4 cm³/mol. The summed E-state index contributed by atoms with van der Waals surface area (Å²) in [5.41, 5.74) is 0.152. The zero-order valence-electron chi connectivity index (χ0n) is 7.68.